The summed E-state index contributed by atoms with van der Waals surface area (Å²) in [5.41, 5.74) is 5.99. The molecule has 4 unspecified atom stereocenters. The molecule has 0 spiro atoms. The maximum Gasteiger partial charge on any atom is 0.303 e. The van der Waals surface area contributed by atoms with E-state index in [2.05, 4.69) is 40.5 Å². The van der Waals surface area contributed by atoms with Crippen LogP contribution in [0.2, 0.25) is 0 Å². The smallest absolute Gasteiger partial charge is 0.303 e. The molecular formula is C38H48N2O7. The minimum atomic E-state index is -0.801. The number of aliphatic hydroxyl groups excluding tert-OH is 1. The lowest BCUT2D eigenvalue weighted by Gasteiger charge is -2.38. The molecule has 0 saturated carbocycles. The van der Waals surface area contributed by atoms with Gasteiger partial charge in [0.15, 0.2) is 6.29 Å². The monoisotopic (exact) mass is 644 g/mol. The summed E-state index contributed by atoms with van der Waals surface area (Å²) in [4.78, 5) is 25.6. The van der Waals surface area contributed by atoms with Crippen LogP contribution in [0.4, 0.5) is 0 Å². The Kier molecular flexibility index (Phi) is 12.9. The Bertz CT molecular complexity index is 1430. The number of carbonyl (C=O) groups excluding carboxylic acids is 1. The number of carbonyl (C=O) groups is 2. The summed E-state index contributed by atoms with van der Waals surface area (Å²) in [7, 11) is 1.76. The molecule has 0 bridgehead atoms. The number of hydrogen-bond donors (Lipinski definition) is 3. The third-order valence-electron chi connectivity index (χ3n) is 9.19. The van der Waals surface area contributed by atoms with Crippen molar-refractivity contribution < 1.29 is 34.0 Å². The van der Waals surface area contributed by atoms with Crippen LogP contribution in [-0.4, -0.2) is 65.9 Å². The summed E-state index contributed by atoms with van der Waals surface area (Å²) in [6, 6.07) is 24.7. The lowest BCUT2D eigenvalue weighted by Crippen LogP contribution is -2.42. The van der Waals surface area contributed by atoms with Crippen molar-refractivity contribution in [2.75, 3.05) is 26.8 Å². The number of ether oxygens (including phenoxy) is 3. The van der Waals surface area contributed by atoms with Crippen molar-refractivity contribution in [3.05, 3.63) is 95.1 Å². The Morgan fingerprint density at radius 1 is 0.936 bits per heavy atom. The number of nitrogens with zero attached hydrogens (tertiary/aromatic N) is 1. The van der Waals surface area contributed by atoms with E-state index >= 15 is 0 Å². The van der Waals surface area contributed by atoms with E-state index in [1.54, 1.807) is 7.11 Å². The Hall–Kier alpha value is -3.60. The molecule has 252 valence electrons. The van der Waals surface area contributed by atoms with E-state index in [1.807, 2.05) is 42.5 Å². The zero-order valence-corrected chi connectivity index (χ0v) is 27.3. The molecule has 3 aromatic carbocycles. The predicted octanol–water partition coefficient (Wildman–Crippen LogP) is 6.15. The Morgan fingerprint density at radius 2 is 1.68 bits per heavy atom. The minimum absolute atomic E-state index is 0.00798. The van der Waals surface area contributed by atoms with Crippen LogP contribution in [0.5, 0.6) is 0 Å². The van der Waals surface area contributed by atoms with Crippen LogP contribution in [0.1, 0.15) is 86.0 Å². The first-order valence-corrected chi connectivity index (χ1v) is 16.8. The van der Waals surface area contributed by atoms with Gasteiger partial charge in [-0.2, -0.15) is 0 Å². The van der Waals surface area contributed by atoms with Crippen molar-refractivity contribution >= 4 is 11.9 Å². The summed E-state index contributed by atoms with van der Waals surface area (Å²) >= 11 is 0. The fraction of sp³-hybridized carbons (Fsp3) is 0.474. The lowest BCUT2D eigenvalue weighted by atomic mass is 9.97. The second-order valence-electron chi connectivity index (χ2n) is 12.6. The summed E-state index contributed by atoms with van der Waals surface area (Å²) in [5, 5.41) is 21.3. The predicted molar refractivity (Wildman–Crippen MR) is 179 cm³/mol. The average molecular weight is 645 g/mol. The van der Waals surface area contributed by atoms with E-state index in [1.165, 1.54) is 0 Å². The van der Waals surface area contributed by atoms with Gasteiger partial charge in [-0.25, -0.2) is 0 Å². The van der Waals surface area contributed by atoms with Crippen molar-refractivity contribution in [1.29, 1.82) is 0 Å². The number of carboxylic acid groups (broad SMARTS) is 1. The van der Waals surface area contributed by atoms with E-state index in [0.29, 0.717) is 31.8 Å². The number of hydrogen-bond acceptors (Lipinski definition) is 7. The fourth-order valence-electron chi connectivity index (χ4n) is 6.61. The SMILES string of the molecule is COCC1CCCN1CC1CC(c2ccc(CO)cc2)OC(c2ccc(-c3ccccc3CNC(=O)CCCCCC(=O)O)cc2)O1. The molecule has 3 N–H and O–H groups in total. The molecule has 3 aromatic rings. The van der Waals surface area contributed by atoms with Crippen molar-refractivity contribution in [3.63, 3.8) is 0 Å². The van der Waals surface area contributed by atoms with Crippen LogP contribution in [0.25, 0.3) is 11.1 Å². The van der Waals surface area contributed by atoms with Crippen LogP contribution >= 0.6 is 0 Å². The second-order valence-corrected chi connectivity index (χ2v) is 12.6. The van der Waals surface area contributed by atoms with E-state index in [4.69, 9.17) is 19.3 Å². The number of nitrogens with one attached hydrogen (secondary N) is 1. The van der Waals surface area contributed by atoms with Crippen molar-refractivity contribution in [2.24, 2.45) is 0 Å². The molecule has 0 aromatic heterocycles. The van der Waals surface area contributed by atoms with Gasteiger partial charge in [0.2, 0.25) is 5.91 Å². The highest BCUT2D eigenvalue weighted by molar-refractivity contribution is 5.76. The molecule has 2 aliphatic heterocycles. The molecule has 5 rings (SSSR count). The third-order valence-corrected chi connectivity index (χ3v) is 9.19. The van der Waals surface area contributed by atoms with Gasteiger partial charge in [-0.3, -0.25) is 14.5 Å². The van der Waals surface area contributed by atoms with Gasteiger partial charge in [-0.05, 0) is 60.0 Å². The molecule has 9 nitrogen and oxygen atoms in total. The van der Waals surface area contributed by atoms with E-state index < -0.39 is 12.3 Å². The number of methoxy groups -OCH3 is 1. The van der Waals surface area contributed by atoms with Crippen LogP contribution in [0.3, 0.4) is 0 Å². The number of aliphatic carboxylic acids is 1. The highest BCUT2D eigenvalue weighted by atomic mass is 16.7. The number of carboxylic acids is 1. The number of unbranched alkanes of at least 4 members (excludes halogenated alkanes) is 2. The van der Waals surface area contributed by atoms with Crippen LogP contribution in [-0.2, 0) is 37.0 Å². The van der Waals surface area contributed by atoms with Crippen LogP contribution < -0.4 is 5.32 Å². The van der Waals surface area contributed by atoms with Crippen molar-refractivity contribution in [2.45, 2.75) is 89.1 Å². The van der Waals surface area contributed by atoms with E-state index in [9.17, 15) is 14.7 Å². The summed E-state index contributed by atoms with van der Waals surface area (Å²) in [5.74, 6) is -0.833. The standard InChI is InChI=1S/C38H48N2O7/c1-45-26-32-9-7-21-40(32)24-33-22-35(29-15-13-27(25-41)14-16-29)47-38(46-33)30-19-17-28(18-20-30)34-10-6-5-8-31(34)23-39-36(42)11-3-2-4-12-37(43)44/h5-6,8,10,13-20,32-33,35,38,41H,2-4,7,9,11-12,21-26H2,1H3,(H,39,42)(H,43,44). The first-order valence-electron chi connectivity index (χ1n) is 16.8. The highest BCUT2D eigenvalue weighted by Crippen LogP contribution is 2.39. The van der Waals surface area contributed by atoms with Crippen molar-refractivity contribution in [3.8, 4) is 11.1 Å². The van der Waals surface area contributed by atoms with Gasteiger partial charge in [0.25, 0.3) is 0 Å². The third kappa shape index (κ3) is 9.95. The molecule has 1 amide bonds. The van der Waals surface area contributed by atoms with Crippen molar-refractivity contribution in [1.82, 2.24) is 10.2 Å². The minimum Gasteiger partial charge on any atom is -0.481 e. The lowest BCUT2D eigenvalue weighted by molar-refractivity contribution is -0.253. The Balaban J connectivity index is 1.26. The summed E-state index contributed by atoms with van der Waals surface area (Å²) in [6.07, 6.45) is 4.86. The zero-order chi connectivity index (χ0) is 33.0. The summed E-state index contributed by atoms with van der Waals surface area (Å²) in [6.45, 7) is 3.00. The van der Waals surface area contributed by atoms with Gasteiger partial charge in [-0.15, -0.1) is 0 Å². The molecule has 2 aliphatic rings. The molecule has 2 saturated heterocycles. The average Bonchev–Trinajstić information content (AvgIpc) is 3.53. The van der Waals surface area contributed by atoms with Gasteiger partial charge < -0.3 is 29.7 Å². The molecule has 9 heteroatoms. The number of benzene rings is 3. The van der Waals surface area contributed by atoms with Gasteiger partial charge in [0.05, 0.1) is 25.4 Å². The Morgan fingerprint density at radius 3 is 2.43 bits per heavy atom. The van der Waals surface area contributed by atoms with Gasteiger partial charge in [0.1, 0.15) is 0 Å². The maximum absolute atomic E-state index is 12.5. The largest absolute Gasteiger partial charge is 0.481 e. The molecule has 2 heterocycles. The highest BCUT2D eigenvalue weighted by Gasteiger charge is 2.35. The first kappa shape index (κ1) is 34.7. The molecule has 4 atom stereocenters. The first-order chi connectivity index (χ1) is 22.9. The number of amides is 1. The van der Waals surface area contributed by atoms with Gasteiger partial charge in [0, 0.05) is 51.1 Å². The Labute approximate surface area is 277 Å². The maximum atomic E-state index is 12.5. The normalized spacial score (nSPS) is 21.5. The van der Waals surface area contributed by atoms with E-state index in [0.717, 1.165) is 78.8 Å². The molecular weight excluding hydrogens is 596 g/mol. The number of likely N-dealkylation sites (tertiary alicyclic amines) is 1. The summed E-state index contributed by atoms with van der Waals surface area (Å²) < 4.78 is 18.7. The van der Waals surface area contributed by atoms with Gasteiger partial charge in [-0.1, -0.05) is 79.2 Å². The molecule has 0 aliphatic carbocycles. The quantitative estimate of drug-likeness (QED) is 0.159. The molecule has 2 fully saturated rings. The topological polar surface area (TPSA) is 118 Å². The fourth-order valence-corrected chi connectivity index (χ4v) is 6.61. The molecule has 47 heavy (non-hydrogen) atoms. The van der Waals surface area contributed by atoms with E-state index in [-0.39, 0.29) is 31.1 Å². The molecule has 0 radical (unpaired) electrons. The van der Waals surface area contributed by atoms with Crippen LogP contribution in [0, 0.1) is 0 Å². The number of rotatable bonds is 16. The second kappa shape index (κ2) is 17.5. The zero-order valence-electron chi connectivity index (χ0n) is 27.3. The van der Waals surface area contributed by atoms with Gasteiger partial charge >= 0.3 is 5.97 Å². The van der Waals surface area contributed by atoms with Crippen LogP contribution in [0.15, 0.2) is 72.8 Å². The number of aliphatic hydroxyl groups is 1.